The van der Waals surface area contributed by atoms with Gasteiger partial charge in [0.15, 0.2) is 0 Å². The van der Waals surface area contributed by atoms with E-state index in [1.807, 2.05) is 78.9 Å². The molecule has 0 aliphatic carbocycles. The van der Waals surface area contributed by atoms with E-state index in [4.69, 9.17) is 9.47 Å². The lowest BCUT2D eigenvalue weighted by Crippen LogP contribution is -2.49. The van der Waals surface area contributed by atoms with Crippen LogP contribution in [0.1, 0.15) is 39.9 Å². The predicted octanol–water partition coefficient (Wildman–Crippen LogP) is 6.25. The van der Waals surface area contributed by atoms with Crippen molar-refractivity contribution < 1.29 is 14.3 Å². The number of hydrogen-bond donors (Lipinski definition) is 1. The molecule has 0 saturated carbocycles. The van der Waals surface area contributed by atoms with Gasteiger partial charge < -0.3 is 14.8 Å². The normalized spacial score (nSPS) is 17.7. The zero-order valence-electron chi connectivity index (χ0n) is 22.2. The molecule has 5 rings (SSSR count). The van der Waals surface area contributed by atoms with Gasteiger partial charge in [0.05, 0.1) is 18.8 Å². The maximum atomic E-state index is 13.4. The van der Waals surface area contributed by atoms with Crippen molar-refractivity contribution in [3.63, 3.8) is 0 Å². The van der Waals surface area contributed by atoms with E-state index in [2.05, 4.69) is 46.6 Å². The van der Waals surface area contributed by atoms with Crippen LogP contribution in [0.4, 0.5) is 0 Å². The van der Waals surface area contributed by atoms with Crippen molar-refractivity contribution in [3.8, 4) is 5.75 Å². The minimum atomic E-state index is -0.124. The van der Waals surface area contributed by atoms with Gasteiger partial charge in [-0.05, 0) is 60.3 Å². The summed E-state index contributed by atoms with van der Waals surface area (Å²) in [6.45, 7) is 3.58. The van der Waals surface area contributed by atoms with Gasteiger partial charge in [-0.2, -0.15) is 0 Å². The number of ether oxygens (including phenoxy) is 2. The minimum Gasteiger partial charge on any atom is -0.489 e. The van der Waals surface area contributed by atoms with Crippen LogP contribution in [0.5, 0.6) is 5.75 Å². The highest BCUT2D eigenvalue weighted by Crippen LogP contribution is 2.20. The van der Waals surface area contributed by atoms with Crippen molar-refractivity contribution in [1.29, 1.82) is 0 Å². The molecule has 4 aromatic rings. The molecule has 2 atom stereocenters. The van der Waals surface area contributed by atoms with E-state index in [9.17, 15) is 4.79 Å². The highest BCUT2D eigenvalue weighted by molar-refractivity contribution is 5.94. The molecule has 1 N–H and O–H groups in total. The third kappa shape index (κ3) is 8.03. The van der Waals surface area contributed by atoms with Crippen molar-refractivity contribution in [2.24, 2.45) is 0 Å². The number of nitrogens with one attached hydrogen (secondary N) is 1. The molecular weight excluding hydrogens is 484 g/mol. The van der Waals surface area contributed by atoms with Crippen molar-refractivity contribution >= 4 is 5.91 Å². The molecule has 0 spiro atoms. The number of likely N-dealkylation sites (tertiary alicyclic amines) is 1. The topological polar surface area (TPSA) is 50.8 Å². The first-order chi connectivity index (χ1) is 19.2. The maximum absolute atomic E-state index is 13.4. The predicted molar refractivity (Wildman–Crippen MR) is 154 cm³/mol. The third-order valence-electron chi connectivity index (χ3n) is 7.10. The minimum absolute atomic E-state index is 0.0663. The summed E-state index contributed by atoms with van der Waals surface area (Å²) < 4.78 is 12.3. The van der Waals surface area contributed by atoms with Crippen LogP contribution in [0.15, 0.2) is 115 Å². The molecule has 5 heteroatoms. The zero-order chi connectivity index (χ0) is 26.7. The van der Waals surface area contributed by atoms with Gasteiger partial charge in [0.2, 0.25) is 0 Å². The Kier molecular flexibility index (Phi) is 9.40. The fourth-order valence-corrected chi connectivity index (χ4v) is 5.00. The Morgan fingerprint density at radius 2 is 1.33 bits per heavy atom. The summed E-state index contributed by atoms with van der Waals surface area (Å²) in [6.07, 6.45) is 1.85. The maximum Gasteiger partial charge on any atom is 0.251 e. The van der Waals surface area contributed by atoms with Crippen LogP contribution in [0, 0.1) is 0 Å². The van der Waals surface area contributed by atoms with Crippen molar-refractivity contribution in [3.05, 3.63) is 138 Å². The Morgan fingerprint density at radius 3 is 1.97 bits per heavy atom. The summed E-state index contributed by atoms with van der Waals surface area (Å²) in [5.41, 5.74) is 4.13. The van der Waals surface area contributed by atoms with E-state index in [-0.39, 0.29) is 18.1 Å². The molecular formula is C34H36N2O3. The fraction of sp³-hybridized carbons (Fsp3) is 0.265. The van der Waals surface area contributed by atoms with E-state index >= 15 is 0 Å². The van der Waals surface area contributed by atoms with Crippen LogP contribution < -0.4 is 10.1 Å². The number of nitrogens with zero attached hydrogens (tertiary/aromatic N) is 1. The molecule has 0 aromatic heterocycles. The monoisotopic (exact) mass is 520 g/mol. The number of benzene rings is 4. The molecule has 1 saturated heterocycles. The molecule has 5 nitrogen and oxygen atoms in total. The lowest BCUT2D eigenvalue weighted by molar-refractivity contribution is 0.0101. The molecule has 0 unspecified atom stereocenters. The number of rotatable bonds is 10. The van der Waals surface area contributed by atoms with E-state index in [0.29, 0.717) is 18.8 Å². The Labute approximate surface area is 231 Å². The summed E-state index contributed by atoms with van der Waals surface area (Å²) in [6, 6.07) is 38.0. The average molecular weight is 521 g/mol. The van der Waals surface area contributed by atoms with E-state index in [0.717, 1.165) is 49.4 Å². The Bertz CT molecular complexity index is 1280. The standard InChI is InChI=1S/C34H36N2O3/c37-34(30-18-20-31(21-19-30)38-25-28-13-6-2-7-14-28)35-32-24-36(23-27-11-4-1-5-12-27)22-10-17-33(32)39-26-29-15-8-3-9-16-29/h1-9,11-16,18-21,32-33H,10,17,22-26H2,(H,35,37)/t32-,33-/m1/s1. The highest BCUT2D eigenvalue weighted by Gasteiger charge is 2.29. The van der Waals surface area contributed by atoms with Gasteiger partial charge in [0.1, 0.15) is 12.4 Å². The Morgan fingerprint density at radius 1 is 0.744 bits per heavy atom. The summed E-state index contributed by atoms with van der Waals surface area (Å²) in [5, 5.41) is 3.31. The lowest BCUT2D eigenvalue weighted by atomic mass is 10.1. The molecule has 200 valence electrons. The second-order valence-electron chi connectivity index (χ2n) is 10.1. The van der Waals surface area contributed by atoms with Gasteiger partial charge in [0.25, 0.3) is 5.91 Å². The summed E-state index contributed by atoms with van der Waals surface area (Å²) >= 11 is 0. The van der Waals surface area contributed by atoms with Crippen LogP contribution in [0.2, 0.25) is 0 Å². The van der Waals surface area contributed by atoms with Crippen LogP contribution in [-0.2, 0) is 24.5 Å². The SMILES string of the molecule is O=C(N[C@@H]1CN(Cc2ccccc2)CCC[C@H]1OCc1ccccc1)c1ccc(OCc2ccccc2)cc1. The molecule has 0 bridgehead atoms. The Hall–Kier alpha value is -3.93. The smallest absolute Gasteiger partial charge is 0.251 e. The number of carbonyl (C=O) groups excluding carboxylic acids is 1. The van der Waals surface area contributed by atoms with Crippen molar-refractivity contribution in [1.82, 2.24) is 10.2 Å². The molecule has 39 heavy (non-hydrogen) atoms. The molecule has 1 heterocycles. The zero-order valence-corrected chi connectivity index (χ0v) is 22.2. The first-order valence-corrected chi connectivity index (χ1v) is 13.7. The van der Waals surface area contributed by atoms with Gasteiger partial charge in [0, 0.05) is 18.7 Å². The molecule has 0 radical (unpaired) electrons. The van der Waals surface area contributed by atoms with Crippen molar-refractivity contribution in [2.75, 3.05) is 13.1 Å². The van der Waals surface area contributed by atoms with E-state index in [1.165, 1.54) is 5.56 Å². The first-order valence-electron chi connectivity index (χ1n) is 13.7. The van der Waals surface area contributed by atoms with Gasteiger partial charge in [-0.3, -0.25) is 9.69 Å². The number of amides is 1. The van der Waals surface area contributed by atoms with E-state index < -0.39 is 0 Å². The van der Waals surface area contributed by atoms with Gasteiger partial charge >= 0.3 is 0 Å². The van der Waals surface area contributed by atoms with Crippen molar-refractivity contribution in [2.45, 2.75) is 44.7 Å². The quantitative estimate of drug-likeness (QED) is 0.269. The molecule has 1 aliphatic heterocycles. The third-order valence-corrected chi connectivity index (χ3v) is 7.10. The van der Waals surface area contributed by atoms with Gasteiger partial charge in [-0.15, -0.1) is 0 Å². The fourth-order valence-electron chi connectivity index (χ4n) is 5.00. The summed E-state index contributed by atoms with van der Waals surface area (Å²) in [5.74, 6) is 0.646. The second-order valence-corrected chi connectivity index (χ2v) is 10.1. The lowest BCUT2D eigenvalue weighted by Gasteiger charge is -2.29. The van der Waals surface area contributed by atoms with Crippen LogP contribution in [-0.4, -0.2) is 36.0 Å². The van der Waals surface area contributed by atoms with Crippen LogP contribution in [0.25, 0.3) is 0 Å². The van der Waals surface area contributed by atoms with Crippen LogP contribution in [0.3, 0.4) is 0 Å². The van der Waals surface area contributed by atoms with Gasteiger partial charge in [-0.25, -0.2) is 0 Å². The summed E-state index contributed by atoms with van der Waals surface area (Å²) in [4.78, 5) is 15.8. The average Bonchev–Trinajstić information content (AvgIpc) is 3.18. The van der Waals surface area contributed by atoms with Crippen LogP contribution >= 0.6 is 0 Å². The number of hydrogen-bond acceptors (Lipinski definition) is 4. The highest BCUT2D eigenvalue weighted by atomic mass is 16.5. The second kappa shape index (κ2) is 13.7. The number of carbonyl (C=O) groups is 1. The largest absolute Gasteiger partial charge is 0.489 e. The molecule has 1 amide bonds. The van der Waals surface area contributed by atoms with E-state index in [1.54, 1.807) is 0 Å². The molecule has 1 aliphatic rings. The molecule has 4 aromatic carbocycles. The Balaban J connectivity index is 1.24. The first kappa shape index (κ1) is 26.7. The summed E-state index contributed by atoms with van der Waals surface area (Å²) in [7, 11) is 0. The molecule has 1 fully saturated rings. The van der Waals surface area contributed by atoms with Gasteiger partial charge in [-0.1, -0.05) is 91.0 Å².